The summed E-state index contributed by atoms with van der Waals surface area (Å²) in [6, 6.07) is 8.82. The molecule has 2 amide bonds. The van der Waals surface area contributed by atoms with E-state index in [0.717, 1.165) is 16.9 Å². The topological polar surface area (TPSA) is 83.7 Å². The molecule has 2 heterocycles. The van der Waals surface area contributed by atoms with E-state index in [1.807, 2.05) is 25.1 Å². The van der Waals surface area contributed by atoms with Gasteiger partial charge in [0, 0.05) is 5.56 Å². The first-order valence-electron chi connectivity index (χ1n) is 7.92. The number of hydrogen-bond donors (Lipinski definition) is 3. The molecule has 6 heteroatoms. The van der Waals surface area contributed by atoms with Crippen molar-refractivity contribution in [1.82, 2.24) is 10.6 Å². The predicted octanol–water partition coefficient (Wildman–Crippen LogP) is 2.54. The lowest BCUT2D eigenvalue weighted by Gasteiger charge is -2.22. The Kier molecular flexibility index (Phi) is 4.24. The van der Waals surface area contributed by atoms with Crippen LogP contribution >= 0.6 is 0 Å². The van der Waals surface area contributed by atoms with Crippen molar-refractivity contribution in [3.63, 3.8) is 0 Å². The smallest absolute Gasteiger partial charge is 0.315 e. The highest BCUT2D eigenvalue weighted by atomic mass is 16.5. The first-order valence-corrected chi connectivity index (χ1v) is 7.92. The number of furan rings is 1. The SMILES string of the molecule is Cc1ccc2c(c1)C(NC(=O)NCC(C)(O)c1ccc(C)o1)CO2. The molecule has 0 spiro atoms. The molecule has 1 aliphatic rings. The number of urea groups is 1. The molecular weight excluding hydrogens is 308 g/mol. The third-order valence-corrected chi connectivity index (χ3v) is 4.12. The first kappa shape index (κ1) is 16.4. The van der Waals surface area contributed by atoms with Crippen molar-refractivity contribution in [3.05, 3.63) is 53.0 Å². The minimum atomic E-state index is -1.27. The first-order chi connectivity index (χ1) is 11.3. The number of amides is 2. The zero-order valence-corrected chi connectivity index (χ0v) is 14.1. The van der Waals surface area contributed by atoms with Crippen LogP contribution in [0.15, 0.2) is 34.7 Å². The van der Waals surface area contributed by atoms with Crippen LogP contribution in [0.3, 0.4) is 0 Å². The summed E-state index contributed by atoms with van der Waals surface area (Å²) in [4.78, 5) is 12.2. The largest absolute Gasteiger partial charge is 0.491 e. The number of aryl methyl sites for hydroxylation is 2. The maximum Gasteiger partial charge on any atom is 0.315 e. The summed E-state index contributed by atoms with van der Waals surface area (Å²) in [6.45, 7) is 5.85. The van der Waals surface area contributed by atoms with Gasteiger partial charge in [-0.05, 0) is 39.0 Å². The highest BCUT2D eigenvalue weighted by Crippen LogP contribution is 2.32. The third-order valence-electron chi connectivity index (χ3n) is 4.12. The van der Waals surface area contributed by atoms with Crippen LogP contribution in [-0.2, 0) is 5.60 Å². The van der Waals surface area contributed by atoms with E-state index in [1.54, 1.807) is 26.0 Å². The summed E-state index contributed by atoms with van der Waals surface area (Å²) in [7, 11) is 0. The van der Waals surface area contributed by atoms with E-state index in [4.69, 9.17) is 9.15 Å². The Morgan fingerprint density at radius 1 is 1.33 bits per heavy atom. The van der Waals surface area contributed by atoms with Crippen LogP contribution in [0.5, 0.6) is 5.75 Å². The molecule has 1 aromatic carbocycles. The fourth-order valence-corrected chi connectivity index (χ4v) is 2.73. The maximum absolute atomic E-state index is 12.2. The summed E-state index contributed by atoms with van der Waals surface area (Å²) in [5.74, 6) is 1.93. The highest BCUT2D eigenvalue weighted by molar-refractivity contribution is 5.75. The van der Waals surface area contributed by atoms with Gasteiger partial charge in [-0.1, -0.05) is 17.7 Å². The van der Waals surface area contributed by atoms with Crippen molar-refractivity contribution in [1.29, 1.82) is 0 Å². The standard InChI is InChI=1S/C18H22N2O4/c1-11-4-6-15-13(8-11)14(9-23-15)20-17(21)19-10-18(3,22)16-7-5-12(2)24-16/h4-8,14,22H,9-10H2,1-3H3,(H2,19,20,21). The van der Waals surface area contributed by atoms with E-state index in [9.17, 15) is 9.90 Å². The van der Waals surface area contributed by atoms with Gasteiger partial charge in [0.1, 0.15) is 29.5 Å². The van der Waals surface area contributed by atoms with Crippen LogP contribution in [-0.4, -0.2) is 24.3 Å². The quantitative estimate of drug-likeness (QED) is 0.804. The molecule has 2 atom stereocenters. The normalized spacial score (nSPS) is 18.4. The van der Waals surface area contributed by atoms with Crippen molar-refractivity contribution in [3.8, 4) is 5.75 Å². The number of fused-ring (bicyclic) bond motifs is 1. The van der Waals surface area contributed by atoms with Crippen LogP contribution in [0.4, 0.5) is 4.79 Å². The summed E-state index contributed by atoms with van der Waals surface area (Å²) in [5, 5.41) is 16.0. The molecule has 0 bridgehead atoms. The number of carbonyl (C=O) groups is 1. The second kappa shape index (κ2) is 6.20. The van der Waals surface area contributed by atoms with E-state index < -0.39 is 5.60 Å². The molecule has 3 rings (SSSR count). The number of hydrogen-bond acceptors (Lipinski definition) is 4. The van der Waals surface area contributed by atoms with Gasteiger partial charge in [-0.25, -0.2) is 4.79 Å². The van der Waals surface area contributed by atoms with Crippen LogP contribution in [0.25, 0.3) is 0 Å². The van der Waals surface area contributed by atoms with Gasteiger partial charge in [0.05, 0.1) is 12.6 Å². The average Bonchev–Trinajstić information content (AvgIpc) is 3.13. The Morgan fingerprint density at radius 3 is 2.83 bits per heavy atom. The molecule has 0 radical (unpaired) electrons. The second-order valence-corrected chi connectivity index (χ2v) is 6.42. The van der Waals surface area contributed by atoms with Gasteiger partial charge in [-0.2, -0.15) is 0 Å². The Morgan fingerprint density at radius 2 is 2.12 bits per heavy atom. The molecule has 0 saturated heterocycles. The summed E-state index contributed by atoms with van der Waals surface area (Å²) < 4.78 is 11.0. The monoisotopic (exact) mass is 330 g/mol. The molecule has 0 saturated carbocycles. The third kappa shape index (κ3) is 3.38. The minimum Gasteiger partial charge on any atom is -0.491 e. The van der Waals surface area contributed by atoms with Crippen molar-refractivity contribution in [2.75, 3.05) is 13.2 Å². The lowest BCUT2D eigenvalue weighted by Crippen LogP contribution is -2.44. The zero-order valence-electron chi connectivity index (χ0n) is 14.1. The molecule has 6 nitrogen and oxygen atoms in total. The number of aliphatic hydroxyl groups is 1. The minimum absolute atomic E-state index is 0.0417. The molecule has 0 fully saturated rings. The van der Waals surface area contributed by atoms with Crippen LogP contribution in [0.1, 0.15) is 35.6 Å². The van der Waals surface area contributed by atoms with Gasteiger partial charge in [0.15, 0.2) is 0 Å². The molecular formula is C18H22N2O4. The van der Waals surface area contributed by atoms with Gasteiger partial charge in [0.2, 0.25) is 0 Å². The fraction of sp³-hybridized carbons (Fsp3) is 0.389. The Balaban J connectivity index is 1.58. The van der Waals surface area contributed by atoms with Gasteiger partial charge in [0.25, 0.3) is 0 Å². The number of carbonyl (C=O) groups excluding carboxylic acids is 1. The molecule has 3 N–H and O–H groups in total. The Bertz CT molecular complexity index is 751. The van der Waals surface area contributed by atoms with E-state index >= 15 is 0 Å². The van der Waals surface area contributed by atoms with Crippen molar-refractivity contribution in [2.45, 2.75) is 32.4 Å². The van der Waals surface area contributed by atoms with E-state index in [0.29, 0.717) is 18.1 Å². The van der Waals surface area contributed by atoms with Crippen molar-refractivity contribution >= 4 is 6.03 Å². The van der Waals surface area contributed by atoms with E-state index in [2.05, 4.69) is 10.6 Å². The number of benzene rings is 1. The van der Waals surface area contributed by atoms with Gasteiger partial charge >= 0.3 is 6.03 Å². The molecule has 0 aliphatic carbocycles. The van der Waals surface area contributed by atoms with Crippen LogP contribution < -0.4 is 15.4 Å². The molecule has 1 aliphatic heterocycles. The fourth-order valence-electron chi connectivity index (χ4n) is 2.73. The second-order valence-electron chi connectivity index (χ2n) is 6.42. The Labute approximate surface area is 140 Å². The zero-order chi connectivity index (χ0) is 17.3. The van der Waals surface area contributed by atoms with Crippen molar-refractivity contribution < 1.29 is 19.1 Å². The summed E-state index contributed by atoms with van der Waals surface area (Å²) in [6.07, 6.45) is 0. The van der Waals surface area contributed by atoms with Gasteiger partial charge < -0.3 is 24.9 Å². The van der Waals surface area contributed by atoms with E-state index in [1.165, 1.54) is 0 Å². The van der Waals surface area contributed by atoms with Crippen LogP contribution in [0.2, 0.25) is 0 Å². The number of rotatable bonds is 4. The predicted molar refractivity (Wildman–Crippen MR) is 89.0 cm³/mol. The molecule has 24 heavy (non-hydrogen) atoms. The number of nitrogens with one attached hydrogen (secondary N) is 2. The van der Waals surface area contributed by atoms with Gasteiger partial charge in [-0.3, -0.25) is 0 Å². The van der Waals surface area contributed by atoms with E-state index in [-0.39, 0.29) is 18.6 Å². The van der Waals surface area contributed by atoms with Gasteiger partial charge in [-0.15, -0.1) is 0 Å². The highest BCUT2D eigenvalue weighted by Gasteiger charge is 2.29. The Hall–Kier alpha value is -2.47. The average molecular weight is 330 g/mol. The maximum atomic E-state index is 12.2. The van der Waals surface area contributed by atoms with Crippen LogP contribution in [0, 0.1) is 13.8 Å². The molecule has 1 aromatic heterocycles. The van der Waals surface area contributed by atoms with Crippen molar-refractivity contribution in [2.24, 2.45) is 0 Å². The number of ether oxygens (including phenoxy) is 1. The molecule has 2 aromatic rings. The summed E-state index contributed by atoms with van der Waals surface area (Å²) >= 11 is 0. The molecule has 128 valence electrons. The summed E-state index contributed by atoms with van der Waals surface area (Å²) in [5.41, 5.74) is 0.813. The lowest BCUT2D eigenvalue weighted by molar-refractivity contribution is 0.0358. The molecule has 2 unspecified atom stereocenters. The lowest BCUT2D eigenvalue weighted by atomic mass is 10.0.